The third kappa shape index (κ3) is 15.4. The minimum absolute atomic E-state index is 0.164. The lowest BCUT2D eigenvalue weighted by atomic mass is 9.70. The zero-order valence-electron chi connectivity index (χ0n) is 28.4. The molecule has 1 aromatic carbocycles. The van der Waals surface area contributed by atoms with Crippen LogP contribution in [0.1, 0.15) is 113 Å². The Kier molecular flexibility index (Phi) is 20.5. The largest absolute Gasteiger partial charge is 0.433 e. The number of halogens is 2. The van der Waals surface area contributed by atoms with Crippen LogP contribution in [-0.2, 0) is 4.74 Å². The zero-order valence-corrected chi connectivity index (χ0v) is 28.4. The molecule has 2 heterocycles. The minimum Gasteiger partial charge on any atom is -0.433 e. The first-order chi connectivity index (χ1) is 19.9. The fourth-order valence-electron chi connectivity index (χ4n) is 5.43. The van der Waals surface area contributed by atoms with Gasteiger partial charge >= 0.3 is 6.11 Å². The Morgan fingerprint density at radius 2 is 1.64 bits per heavy atom. The summed E-state index contributed by atoms with van der Waals surface area (Å²) in [5.41, 5.74) is 2.71. The summed E-state index contributed by atoms with van der Waals surface area (Å²) >= 11 is 0. The minimum atomic E-state index is -3.15. The molecule has 2 saturated heterocycles. The van der Waals surface area contributed by atoms with Gasteiger partial charge in [0.1, 0.15) is 5.75 Å². The van der Waals surface area contributed by atoms with Crippen LogP contribution >= 0.6 is 0 Å². The van der Waals surface area contributed by atoms with Gasteiger partial charge in [-0.05, 0) is 74.6 Å². The molecular weight excluding hydrogens is 530 g/mol. The van der Waals surface area contributed by atoms with E-state index in [1.165, 1.54) is 64.5 Å². The SMILES string of the molecule is C#C.CC/C=C(/C)N(C)c1ccc(OC(C)(F)F)cc1.CCC.CCCC1(CCC(C)CC)CN(C2CCOCC2)C1. The summed E-state index contributed by atoms with van der Waals surface area (Å²) in [4.78, 5) is 4.74. The molecule has 0 N–H and O–H groups in total. The number of rotatable bonds is 12. The molecular formula is C36H62F2N2O2. The lowest BCUT2D eigenvalue weighted by Gasteiger charge is -2.55. The van der Waals surface area contributed by atoms with Crippen molar-refractivity contribution in [1.82, 2.24) is 4.90 Å². The maximum atomic E-state index is 12.7. The van der Waals surface area contributed by atoms with Crippen LogP contribution in [0, 0.1) is 24.2 Å². The van der Waals surface area contributed by atoms with Crippen LogP contribution in [0.2, 0.25) is 0 Å². The molecule has 1 atom stereocenters. The first kappa shape index (κ1) is 39.9. The Balaban J connectivity index is 0.000000695. The summed E-state index contributed by atoms with van der Waals surface area (Å²) in [6, 6.07) is 7.43. The molecule has 2 aliphatic heterocycles. The van der Waals surface area contributed by atoms with Gasteiger partial charge in [0.05, 0.1) is 0 Å². The maximum Gasteiger partial charge on any atom is 0.394 e. The molecule has 1 aromatic rings. The molecule has 242 valence electrons. The van der Waals surface area contributed by atoms with Crippen molar-refractivity contribution in [3.05, 3.63) is 36.0 Å². The normalized spacial score (nSPS) is 17.6. The molecule has 0 spiro atoms. The Bertz CT molecular complexity index is 851. The molecule has 4 nitrogen and oxygen atoms in total. The summed E-state index contributed by atoms with van der Waals surface area (Å²) in [6.45, 7) is 20.8. The van der Waals surface area contributed by atoms with Crippen LogP contribution in [0.4, 0.5) is 14.5 Å². The summed E-state index contributed by atoms with van der Waals surface area (Å²) in [5, 5.41) is 0. The fourth-order valence-corrected chi connectivity index (χ4v) is 5.43. The van der Waals surface area contributed by atoms with Crippen molar-refractivity contribution in [2.75, 3.05) is 38.3 Å². The molecule has 6 heteroatoms. The number of nitrogens with zero attached hydrogens (tertiary/aromatic N) is 2. The highest BCUT2D eigenvalue weighted by Gasteiger charge is 2.44. The van der Waals surface area contributed by atoms with Crippen LogP contribution in [-0.4, -0.2) is 50.4 Å². The van der Waals surface area contributed by atoms with Crippen molar-refractivity contribution in [3.63, 3.8) is 0 Å². The summed E-state index contributed by atoms with van der Waals surface area (Å²) in [6.07, 6.45) is 18.7. The number of ether oxygens (including phenoxy) is 2. The van der Waals surface area contributed by atoms with E-state index in [1.807, 2.05) is 18.9 Å². The Morgan fingerprint density at radius 1 is 1.10 bits per heavy atom. The number of benzene rings is 1. The van der Waals surface area contributed by atoms with E-state index in [-0.39, 0.29) is 5.75 Å². The number of likely N-dealkylation sites (tertiary alicyclic amines) is 1. The van der Waals surface area contributed by atoms with Crippen LogP contribution in [0.25, 0.3) is 0 Å². The number of hydrogen-bond acceptors (Lipinski definition) is 4. The predicted octanol–water partition coefficient (Wildman–Crippen LogP) is 10.2. The topological polar surface area (TPSA) is 24.9 Å². The Hall–Kier alpha value is -2.10. The van der Waals surface area contributed by atoms with Gasteiger partial charge in [0.2, 0.25) is 0 Å². The summed E-state index contributed by atoms with van der Waals surface area (Å²) in [7, 11) is 1.94. The van der Waals surface area contributed by atoms with Gasteiger partial charge in [-0.3, -0.25) is 4.90 Å². The molecule has 42 heavy (non-hydrogen) atoms. The number of alkyl halides is 2. The van der Waals surface area contributed by atoms with E-state index in [2.05, 4.69) is 70.1 Å². The van der Waals surface area contributed by atoms with Gasteiger partial charge in [-0.25, -0.2) is 0 Å². The van der Waals surface area contributed by atoms with E-state index in [1.54, 1.807) is 24.3 Å². The average Bonchev–Trinajstić information content (AvgIpc) is 2.95. The van der Waals surface area contributed by atoms with E-state index in [0.717, 1.165) is 49.9 Å². The second kappa shape index (κ2) is 21.6. The van der Waals surface area contributed by atoms with Crippen LogP contribution < -0.4 is 9.64 Å². The second-order valence-electron chi connectivity index (χ2n) is 12.0. The number of anilines is 1. The molecule has 0 bridgehead atoms. The van der Waals surface area contributed by atoms with Gasteiger partial charge in [-0.1, -0.05) is 73.3 Å². The Morgan fingerprint density at radius 3 is 2.10 bits per heavy atom. The fraction of sp³-hybridized carbons (Fsp3) is 0.722. The molecule has 0 amide bonds. The zero-order chi connectivity index (χ0) is 32.2. The third-order valence-corrected chi connectivity index (χ3v) is 7.98. The van der Waals surface area contributed by atoms with Crippen LogP contribution in [0.15, 0.2) is 36.0 Å². The standard InChI is InChI=1S/C17H33NO.C14H19F2NO.C3H8.C2H2/c1-4-9-17(10-6-15(3)5-2)13-18(14-17)16-7-11-19-12-8-16;1-5-6-11(2)17(4)12-7-9-13(10-8-12)18-14(3,15)16;1-3-2;1-2/h15-16H,4-14H2,1-3H3;6-10H,5H2,1-4H3;3H2,1-2H3;1-2H/b;11-6-;;. The van der Waals surface area contributed by atoms with Crippen molar-refractivity contribution in [1.29, 1.82) is 0 Å². The molecule has 0 saturated carbocycles. The van der Waals surface area contributed by atoms with Crippen molar-refractivity contribution in [2.24, 2.45) is 11.3 Å². The van der Waals surface area contributed by atoms with Gasteiger partial charge < -0.3 is 14.4 Å². The first-order valence-corrected chi connectivity index (χ1v) is 16.2. The molecule has 0 aromatic heterocycles. The number of terminal acetylenes is 1. The quantitative estimate of drug-likeness (QED) is 0.226. The molecule has 3 rings (SSSR count). The van der Waals surface area contributed by atoms with Crippen molar-refractivity contribution in [3.8, 4) is 18.6 Å². The molecule has 2 fully saturated rings. The molecule has 0 radical (unpaired) electrons. The predicted molar refractivity (Wildman–Crippen MR) is 177 cm³/mol. The van der Waals surface area contributed by atoms with Crippen LogP contribution in [0.5, 0.6) is 5.75 Å². The molecule has 1 unspecified atom stereocenters. The molecule has 0 aliphatic carbocycles. The van der Waals surface area contributed by atoms with Gasteiger partial charge in [-0.15, -0.1) is 12.8 Å². The van der Waals surface area contributed by atoms with Gasteiger partial charge in [0.15, 0.2) is 0 Å². The van der Waals surface area contributed by atoms with Gasteiger partial charge in [0, 0.05) is 57.7 Å². The van der Waals surface area contributed by atoms with Crippen LogP contribution in [0.3, 0.4) is 0 Å². The third-order valence-electron chi connectivity index (χ3n) is 7.98. The van der Waals surface area contributed by atoms with Gasteiger partial charge in [-0.2, -0.15) is 8.78 Å². The smallest absolute Gasteiger partial charge is 0.394 e. The monoisotopic (exact) mass is 592 g/mol. The highest BCUT2D eigenvalue weighted by molar-refractivity contribution is 5.52. The van der Waals surface area contributed by atoms with E-state index in [4.69, 9.17) is 4.74 Å². The first-order valence-electron chi connectivity index (χ1n) is 16.2. The van der Waals surface area contributed by atoms with Crippen molar-refractivity contribution in [2.45, 2.75) is 125 Å². The van der Waals surface area contributed by atoms with E-state index in [9.17, 15) is 8.78 Å². The van der Waals surface area contributed by atoms with E-state index >= 15 is 0 Å². The lowest BCUT2D eigenvalue weighted by Crippen LogP contribution is -2.60. The summed E-state index contributed by atoms with van der Waals surface area (Å²) in [5.74, 6) is 1.07. The summed E-state index contributed by atoms with van der Waals surface area (Å²) < 4.78 is 35.3. The average molecular weight is 593 g/mol. The van der Waals surface area contributed by atoms with Gasteiger partial charge in [0.25, 0.3) is 0 Å². The maximum absolute atomic E-state index is 12.7. The number of hydrogen-bond donors (Lipinski definition) is 0. The highest BCUT2D eigenvalue weighted by Crippen LogP contribution is 2.42. The second-order valence-corrected chi connectivity index (χ2v) is 12.0. The van der Waals surface area contributed by atoms with E-state index in [0.29, 0.717) is 5.41 Å². The Labute approximate surface area is 258 Å². The van der Waals surface area contributed by atoms with Crippen molar-refractivity contribution >= 4 is 5.69 Å². The molecule has 2 aliphatic rings. The highest BCUT2D eigenvalue weighted by atomic mass is 19.3. The number of allylic oxidation sites excluding steroid dienone is 2. The van der Waals surface area contributed by atoms with Crippen molar-refractivity contribution < 1.29 is 18.3 Å². The lowest BCUT2D eigenvalue weighted by molar-refractivity contribution is -0.158. The van der Waals surface area contributed by atoms with E-state index < -0.39 is 6.11 Å².